The van der Waals surface area contributed by atoms with Gasteiger partial charge in [-0.2, -0.15) is 0 Å². The van der Waals surface area contributed by atoms with E-state index in [4.69, 9.17) is 33.4 Å². The van der Waals surface area contributed by atoms with Crippen LogP contribution >= 0.6 is 23.2 Å². The van der Waals surface area contributed by atoms with Gasteiger partial charge in [-0.3, -0.25) is 0 Å². The van der Waals surface area contributed by atoms with Crippen molar-refractivity contribution < 1.29 is 4.42 Å². The molecular weight excluding hydrogens is 293 g/mol. The molecule has 0 saturated carbocycles. The third-order valence-electron chi connectivity index (χ3n) is 3.36. The summed E-state index contributed by atoms with van der Waals surface area (Å²) in [7, 11) is 0. The summed E-state index contributed by atoms with van der Waals surface area (Å²) >= 11 is 12.2. The van der Waals surface area contributed by atoms with E-state index in [0.29, 0.717) is 15.8 Å². The van der Waals surface area contributed by atoms with Crippen LogP contribution < -0.4 is 5.73 Å². The zero-order valence-electron chi connectivity index (χ0n) is 10.9. The summed E-state index contributed by atoms with van der Waals surface area (Å²) in [6.45, 7) is 2.01. The van der Waals surface area contributed by atoms with Gasteiger partial charge in [0.25, 0.3) is 0 Å². The lowest BCUT2D eigenvalue weighted by molar-refractivity contribution is 0.523. The summed E-state index contributed by atoms with van der Waals surface area (Å²) in [5.74, 6) is 0.679. The molecule has 0 amide bonds. The van der Waals surface area contributed by atoms with Crippen LogP contribution in [0, 0.1) is 6.92 Å². The standard InChI is InChI=1S/C16H13Cl2NO/c1-9-3-2-4-10-7-14(20-16(9)10)15(19)12-8-11(17)5-6-13(12)18/h2-8,15H,19H2,1H3. The maximum Gasteiger partial charge on any atom is 0.137 e. The Labute approximate surface area is 127 Å². The Morgan fingerprint density at radius 1 is 1.10 bits per heavy atom. The molecule has 0 aliphatic carbocycles. The molecule has 0 aliphatic heterocycles. The molecule has 2 aromatic carbocycles. The highest BCUT2D eigenvalue weighted by Gasteiger charge is 2.18. The first-order valence-electron chi connectivity index (χ1n) is 6.26. The summed E-state index contributed by atoms with van der Waals surface area (Å²) < 4.78 is 5.88. The average molecular weight is 306 g/mol. The smallest absolute Gasteiger partial charge is 0.137 e. The minimum absolute atomic E-state index is 0.437. The van der Waals surface area contributed by atoms with Gasteiger partial charge in [0.05, 0.1) is 6.04 Å². The molecule has 0 saturated heterocycles. The van der Waals surface area contributed by atoms with Crippen LogP contribution in [0.5, 0.6) is 0 Å². The third kappa shape index (κ3) is 2.31. The minimum Gasteiger partial charge on any atom is -0.459 e. The van der Waals surface area contributed by atoms with Crippen molar-refractivity contribution in [1.29, 1.82) is 0 Å². The lowest BCUT2D eigenvalue weighted by Crippen LogP contribution is -2.11. The van der Waals surface area contributed by atoms with Crippen LogP contribution in [0.25, 0.3) is 11.0 Å². The summed E-state index contributed by atoms with van der Waals surface area (Å²) in [6, 6.07) is 12.8. The van der Waals surface area contributed by atoms with E-state index in [1.54, 1.807) is 18.2 Å². The molecule has 20 heavy (non-hydrogen) atoms. The lowest BCUT2D eigenvalue weighted by atomic mass is 10.1. The largest absolute Gasteiger partial charge is 0.459 e. The van der Waals surface area contributed by atoms with E-state index >= 15 is 0 Å². The van der Waals surface area contributed by atoms with Gasteiger partial charge in [0, 0.05) is 15.4 Å². The van der Waals surface area contributed by atoms with Crippen molar-refractivity contribution in [2.45, 2.75) is 13.0 Å². The third-order valence-corrected chi connectivity index (χ3v) is 3.94. The molecule has 4 heteroatoms. The van der Waals surface area contributed by atoms with Crippen molar-refractivity contribution in [3.05, 3.63) is 69.4 Å². The van der Waals surface area contributed by atoms with E-state index in [1.165, 1.54) is 0 Å². The summed E-state index contributed by atoms with van der Waals surface area (Å²) in [4.78, 5) is 0. The second-order valence-corrected chi connectivity index (χ2v) is 5.63. The highest BCUT2D eigenvalue weighted by molar-refractivity contribution is 6.33. The Balaban J connectivity index is 2.10. The molecule has 2 N–H and O–H groups in total. The molecule has 0 bridgehead atoms. The first-order chi connectivity index (χ1) is 9.56. The van der Waals surface area contributed by atoms with Crippen molar-refractivity contribution in [3.63, 3.8) is 0 Å². The summed E-state index contributed by atoms with van der Waals surface area (Å²) in [5, 5.41) is 2.22. The maximum absolute atomic E-state index is 6.26. The van der Waals surface area contributed by atoms with Gasteiger partial charge < -0.3 is 10.2 Å². The van der Waals surface area contributed by atoms with Crippen molar-refractivity contribution >= 4 is 34.2 Å². The normalized spacial score (nSPS) is 12.8. The molecule has 0 fully saturated rings. The average Bonchev–Trinajstić information content (AvgIpc) is 2.86. The fourth-order valence-electron chi connectivity index (χ4n) is 2.29. The van der Waals surface area contributed by atoms with Gasteiger partial charge in [0.1, 0.15) is 11.3 Å². The second kappa shape index (κ2) is 5.13. The maximum atomic E-state index is 6.26. The Bertz CT molecular complexity index is 779. The van der Waals surface area contributed by atoms with Gasteiger partial charge >= 0.3 is 0 Å². The van der Waals surface area contributed by atoms with E-state index < -0.39 is 6.04 Å². The van der Waals surface area contributed by atoms with E-state index in [1.807, 2.05) is 31.2 Å². The lowest BCUT2D eigenvalue weighted by Gasteiger charge is -2.11. The Kier molecular flexibility index (Phi) is 3.47. The predicted octanol–water partition coefficient (Wildman–Crippen LogP) is 5.10. The van der Waals surface area contributed by atoms with E-state index in [9.17, 15) is 0 Å². The number of rotatable bonds is 2. The fourth-order valence-corrected chi connectivity index (χ4v) is 2.70. The van der Waals surface area contributed by atoms with Crippen molar-refractivity contribution in [3.8, 4) is 0 Å². The number of hydrogen-bond donors (Lipinski definition) is 1. The number of benzene rings is 2. The van der Waals surface area contributed by atoms with Gasteiger partial charge in [-0.15, -0.1) is 0 Å². The molecule has 1 aromatic heterocycles. The molecule has 1 unspecified atom stereocenters. The highest BCUT2D eigenvalue weighted by Crippen LogP contribution is 2.32. The van der Waals surface area contributed by atoms with Crippen LogP contribution in [-0.2, 0) is 0 Å². The van der Waals surface area contributed by atoms with Gasteiger partial charge in [-0.1, -0.05) is 41.4 Å². The van der Waals surface area contributed by atoms with E-state index in [0.717, 1.165) is 22.1 Å². The number of fused-ring (bicyclic) bond motifs is 1. The Morgan fingerprint density at radius 3 is 2.65 bits per heavy atom. The number of para-hydroxylation sites is 1. The summed E-state index contributed by atoms with van der Waals surface area (Å²) in [6.07, 6.45) is 0. The fraction of sp³-hybridized carbons (Fsp3) is 0.125. The molecule has 102 valence electrons. The van der Waals surface area contributed by atoms with Crippen LogP contribution in [0.2, 0.25) is 10.0 Å². The van der Waals surface area contributed by atoms with Crippen molar-refractivity contribution in [2.75, 3.05) is 0 Å². The van der Waals surface area contributed by atoms with Gasteiger partial charge in [-0.05, 0) is 42.3 Å². The number of nitrogens with two attached hydrogens (primary N) is 1. The predicted molar refractivity (Wildman–Crippen MR) is 83.4 cm³/mol. The zero-order valence-corrected chi connectivity index (χ0v) is 12.4. The second-order valence-electron chi connectivity index (χ2n) is 4.79. The van der Waals surface area contributed by atoms with E-state index in [2.05, 4.69) is 0 Å². The van der Waals surface area contributed by atoms with E-state index in [-0.39, 0.29) is 0 Å². The quantitative estimate of drug-likeness (QED) is 0.715. The molecule has 1 heterocycles. The first-order valence-corrected chi connectivity index (χ1v) is 7.01. The topological polar surface area (TPSA) is 39.2 Å². The molecule has 2 nitrogen and oxygen atoms in total. The first kappa shape index (κ1) is 13.5. The zero-order chi connectivity index (χ0) is 14.3. The van der Waals surface area contributed by atoms with Crippen molar-refractivity contribution in [1.82, 2.24) is 0 Å². The number of hydrogen-bond acceptors (Lipinski definition) is 2. The van der Waals surface area contributed by atoms with Crippen LogP contribution in [-0.4, -0.2) is 0 Å². The molecule has 0 radical (unpaired) electrons. The molecule has 3 aromatic rings. The molecule has 0 aliphatic rings. The highest BCUT2D eigenvalue weighted by atomic mass is 35.5. The van der Waals surface area contributed by atoms with Crippen molar-refractivity contribution in [2.24, 2.45) is 5.73 Å². The molecule has 1 atom stereocenters. The van der Waals surface area contributed by atoms with Gasteiger partial charge in [0.2, 0.25) is 0 Å². The number of halogens is 2. The van der Waals surface area contributed by atoms with Gasteiger partial charge in [0.15, 0.2) is 0 Å². The minimum atomic E-state index is -0.437. The number of aryl methyl sites for hydroxylation is 1. The molecular formula is C16H13Cl2NO. The summed E-state index contributed by atoms with van der Waals surface area (Å²) in [5.41, 5.74) is 8.96. The van der Waals surface area contributed by atoms with Gasteiger partial charge in [-0.25, -0.2) is 0 Å². The SMILES string of the molecule is Cc1cccc2cc(C(N)c3cc(Cl)ccc3Cl)oc12. The molecule has 0 spiro atoms. The number of furan rings is 1. The van der Waals surface area contributed by atoms with Crippen LogP contribution in [0.15, 0.2) is 46.9 Å². The van der Waals surface area contributed by atoms with Crippen LogP contribution in [0.1, 0.15) is 22.9 Å². The Hall–Kier alpha value is -1.48. The Morgan fingerprint density at radius 2 is 1.90 bits per heavy atom. The molecule has 3 rings (SSSR count). The monoisotopic (exact) mass is 305 g/mol. The van der Waals surface area contributed by atoms with Crippen LogP contribution in [0.3, 0.4) is 0 Å². The van der Waals surface area contributed by atoms with Crippen LogP contribution in [0.4, 0.5) is 0 Å².